The predicted octanol–water partition coefficient (Wildman–Crippen LogP) is 2.03. The molecule has 92 valence electrons. The normalized spacial score (nSPS) is 11.2. The van der Waals surface area contributed by atoms with Gasteiger partial charge in [0.1, 0.15) is 11.3 Å². The fourth-order valence-corrected chi connectivity index (χ4v) is 2.11. The highest BCUT2D eigenvalue weighted by molar-refractivity contribution is 5.79. The quantitative estimate of drug-likeness (QED) is 0.736. The van der Waals surface area contributed by atoms with E-state index in [1.54, 1.807) is 0 Å². The number of H-pyrrole nitrogens is 1. The predicted molar refractivity (Wildman–Crippen MR) is 69.1 cm³/mol. The second kappa shape index (κ2) is 4.27. The van der Waals surface area contributed by atoms with Crippen molar-refractivity contribution in [2.24, 2.45) is 5.73 Å². The average Bonchev–Trinajstić information content (AvgIpc) is 2.95. The number of hydrogen-bond acceptors (Lipinski definition) is 4. The van der Waals surface area contributed by atoms with Crippen LogP contribution in [0.3, 0.4) is 0 Å². The Morgan fingerprint density at radius 2 is 2.28 bits per heavy atom. The van der Waals surface area contributed by atoms with E-state index in [2.05, 4.69) is 15.0 Å². The van der Waals surface area contributed by atoms with Crippen molar-refractivity contribution in [2.75, 3.05) is 6.54 Å². The lowest BCUT2D eigenvalue weighted by atomic mass is 10.1. The molecule has 0 unspecified atom stereocenters. The van der Waals surface area contributed by atoms with Gasteiger partial charge in [-0.15, -0.1) is 0 Å². The SMILES string of the molecule is Cc1nc(-c2ccc3ncoc3c2)c(CCN)[nH]1. The molecule has 2 heterocycles. The van der Waals surface area contributed by atoms with E-state index in [1.165, 1.54) is 6.39 Å². The van der Waals surface area contributed by atoms with Crippen molar-refractivity contribution >= 4 is 11.1 Å². The minimum Gasteiger partial charge on any atom is -0.443 e. The molecule has 3 aromatic rings. The summed E-state index contributed by atoms with van der Waals surface area (Å²) in [7, 11) is 0. The molecule has 0 aliphatic carbocycles. The first-order valence-electron chi connectivity index (χ1n) is 5.87. The molecular formula is C13H14N4O. The van der Waals surface area contributed by atoms with Crippen LogP contribution in [0.4, 0.5) is 0 Å². The Morgan fingerprint density at radius 1 is 1.39 bits per heavy atom. The maximum absolute atomic E-state index is 5.61. The number of oxazole rings is 1. The minimum absolute atomic E-state index is 0.596. The largest absolute Gasteiger partial charge is 0.443 e. The highest BCUT2D eigenvalue weighted by atomic mass is 16.3. The summed E-state index contributed by atoms with van der Waals surface area (Å²) < 4.78 is 5.31. The zero-order valence-corrected chi connectivity index (χ0v) is 10.1. The number of nitrogens with two attached hydrogens (primary N) is 1. The fourth-order valence-electron chi connectivity index (χ4n) is 2.11. The maximum Gasteiger partial charge on any atom is 0.181 e. The van der Waals surface area contributed by atoms with Crippen molar-refractivity contribution in [3.8, 4) is 11.3 Å². The molecule has 0 saturated heterocycles. The van der Waals surface area contributed by atoms with Gasteiger partial charge in [0.2, 0.25) is 0 Å². The molecule has 3 rings (SSSR count). The minimum atomic E-state index is 0.596. The smallest absolute Gasteiger partial charge is 0.181 e. The molecule has 0 amide bonds. The molecule has 0 aliphatic heterocycles. The highest BCUT2D eigenvalue weighted by Crippen LogP contribution is 2.25. The van der Waals surface area contributed by atoms with Crippen LogP contribution >= 0.6 is 0 Å². The Bertz CT molecular complexity index is 683. The molecule has 0 bridgehead atoms. The first kappa shape index (κ1) is 11.0. The number of nitrogens with one attached hydrogen (secondary N) is 1. The molecule has 3 N–H and O–H groups in total. The van der Waals surface area contributed by atoms with E-state index < -0.39 is 0 Å². The van der Waals surface area contributed by atoms with Gasteiger partial charge in [-0.2, -0.15) is 0 Å². The van der Waals surface area contributed by atoms with Gasteiger partial charge >= 0.3 is 0 Å². The maximum atomic E-state index is 5.61. The zero-order valence-electron chi connectivity index (χ0n) is 10.1. The number of aromatic amines is 1. The Labute approximate surface area is 104 Å². The third kappa shape index (κ3) is 1.78. The summed E-state index contributed by atoms with van der Waals surface area (Å²) in [5, 5.41) is 0. The van der Waals surface area contributed by atoms with Crippen molar-refractivity contribution in [1.29, 1.82) is 0 Å². The summed E-state index contributed by atoms with van der Waals surface area (Å²) in [4.78, 5) is 11.9. The Kier molecular flexibility index (Phi) is 2.60. The molecule has 2 aromatic heterocycles. The number of aromatic nitrogens is 3. The van der Waals surface area contributed by atoms with Gasteiger partial charge in [-0.3, -0.25) is 0 Å². The molecule has 0 aliphatic rings. The van der Waals surface area contributed by atoms with E-state index in [-0.39, 0.29) is 0 Å². The van der Waals surface area contributed by atoms with E-state index in [0.29, 0.717) is 6.54 Å². The molecule has 5 heteroatoms. The van der Waals surface area contributed by atoms with Gasteiger partial charge in [0.25, 0.3) is 0 Å². The van der Waals surface area contributed by atoms with Gasteiger partial charge in [0, 0.05) is 17.7 Å². The van der Waals surface area contributed by atoms with Gasteiger partial charge in [0.05, 0.1) is 5.69 Å². The van der Waals surface area contributed by atoms with Crippen LogP contribution in [-0.2, 0) is 6.42 Å². The summed E-state index contributed by atoms with van der Waals surface area (Å²) in [5.41, 5.74) is 10.3. The number of fused-ring (bicyclic) bond motifs is 1. The molecule has 0 radical (unpaired) electrons. The van der Waals surface area contributed by atoms with Crippen molar-refractivity contribution < 1.29 is 4.42 Å². The summed E-state index contributed by atoms with van der Waals surface area (Å²) in [6.45, 7) is 2.54. The number of benzene rings is 1. The number of rotatable bonds is 3. The Balaban J connectivity index is 2.12. The van der Waals surface area contributed by atoms with Crippen LogP contribution in [0.5, 0.6) is 0 Å². The number of aryl methyl sites for hydroxylation is 1. The van der Waals surface area contributed by atoms with E-state index in [9.17, 15) is 0 Å². The van der Waals surface area contributed by atoms with Crippen LogP contribution in [-0.4, -0.2) is 21.5 Å². The monoisotopic (exact) mass is 242 g/mol. The molecule has 18 heavy (non-hydrogen) atoms. The molecule has 1 aromatic carbocycles. The van der Waals surface area contributed by atoms with Crippen LogP contribution in [0.15, 0.2) is 29.0 Å². The molecule has 0 fully saturated rings. The highest BCUT2D eigenvalue weighted by Gasteiger charge is 2.11. The van der Waals surface area contributed by atoms with Crippen molar-refractivity contribution in [1.82, 2.24) is 15.0 Å². The first-order valence-corrected chi connectivity index (χ1v) is 5.87. The number of nitrogens with zero attached hydrogens (tertiary/aromatic N) is 2. The van der Waals surface area contributed by atoms with Gasteiger partial charge in [-0.1, -0.05) is 6.07 Å². The topological polar surface area (TPSA) is 80.7 Å². The fraction of sp³-hybridized carbons (Fsp3) is 0.231. The van der Waals surface area contributed by atoms with Crippen LogP contribution in [0.2, 0.25) is 0 Å². The van der Waals surface area contributed by atoms with Crippen LogP contribution in [0, 0.1) is 6.92 Å². The molecular weight excluding hydrogens is 228 g/mol. The van der Waals surface area contributed by atoms with Crippen molar-refractivity contribution in [3.05, 3.63) is 36.1 Å². The average molecular weight is 242 g/mol. The van der Waals surface area contributed by atoms with Crippen molar-refractivity contribution in [3.63, 3.8) is 0 Å². The summed E-state index contributed by atoms with van der Waals surface area (Å²) >= 11 is 0. The summed E-state index contributed by atoms with van der Waals surface area (Å²) in [6, 6.07) is 5.89. The van der Waals surface area contributed by atoms with E-state index in [4.69, 9.17) is 10.2 Å². The third-order valence-electron chi connectivity index (χ3n) is 2.90. The first-order chi connectivity index (χ1) is 8.78. The van der Waals surface area contributed by atoms with Crippen LogP contribution < -0.4 is 5.73 Å². The second-order valence-electron chi connectivity index (χ2n) is 4.22. The van der Waals surface area contributed by atoms with Crippen LogP contribution in [0.25, 0.3) is 22.4 Å². The number of hydrogen-bond donors (Lipinski definition) is 2. The van der Waals surface area contributed by atoms with Gasteiger partial charge < -0.3 is 15.1 Å². The summed E-state index contributed by atoms with van der Waals surface area (Å²) in [6.07, 6.45) is 2.23. The van der Waals surface area contributed by atoms with Gasteiger partial charge in [0.15, 0.2) is 12.0 Å². The zero-order chi connectivity index (χ0) is 12.5. The van der Waals surface area contributed by atoms with E-state index in [0.717, 1.165) is 40.3 Å². The lowest BCUT2D eigenvalue weighted by Gasteiger charge is -2.01. The van der Waals surface area contributed by atoms with Gasteiger partial charge in [-0.05, 0) is 25.6 Å². The molecule has 0 atom stereocenters. The Hall–Kier alpha value is -2.14. The lowest BCUT2D eigenvalue weighted by Crippen LogP contribution is -2.04. The molecule has 0 spiro atoms. The third-order valence-corrected chi connectivity index (χ3v) is 2.90. The summed E-state index contributed by atoms with van der Waals surface area (Å²) in [5.74, 6) is 0.895. The molecule has 5 nitrogen and oxygen atoms in total. The van der Waals surface area contributed by atoms with Gasteiger partial charge in [-0.25, -0.2) is 9.97 Å². The second-order valence-corrected chi connectivity index (χ2v) is 4.22. The number of imidazole rings is 1. The van der Waals surface area contributed by atoms with E-state index in [1.807, 2.05) is 25.1 Å². The standard InChI is InChI=1S/C13H14N4O/c1-8-16-11(4-5-14)13(17-8)9-2-3-10-12(6-9)18-7-15-10/h2-3,6-7H,4-5,14H2,1H3,(H,16,17). The van der Waals surface area contributed by atoms with Crippen molar-refractivity contribution in [2.45, 2.75) is 13.3 Å². The van der Waals surface area contributed by atoms with Crippen LogP contribution in [0.1, 0.15) is 11.5 Å². The molecule has 0 saturated carbocycles. The van der Waals surface area contributed by atoms with E-state index >= 15 is 0 Å². The lowest BCUT2D eigenvalue weighted by molar-refractivity contribution is 0.602. The Morgan fingerprint density at radius 3 is 3.11 bits per heavy atom.